The molecule has 0 fully saturated rings. The van der Waals surface area contributed by atoms with E-state index >= 15 is 0 Å². The molecule has 1 aromatic heterocycles. The second-order valence-corrected chi connectivity index (χ2v) is 3.60. The van der Waals surface area contributed by atoms with Crippen LogP contribution in [0.2, 0.25) is 0 Å². The Balaban J connectivity index is 2.90. The quantitative estimate of drug-likeness (QED) is 0.808. The Kier molecular flexibility index (Phi) is 2.63. The second kappa shape index (κ2) is 3.97. The smallest absolute Gasteiger partial charge is 0.222 e. The van der Waals surface area contributed by atoms with Gasteiger partial charge in [0.25, 0.3) is 0 Å². The Morgan fingerprint density at radius 1 is 1.12 bits per heavy atom. The molecule has 1 aromatic carbocycles. The zero-order valence-corrected chi connectivity index (χ0v) is 9.94. The minimum absolute atomic E-state index is 0.140. The third-order valence-corrected chi connectivity index (χ3v) is 2.61. The van der Waals surface area contributed by atoms with Crippen molar-refractivity contribution in [2.45, 2.75) is 6.92 Å². The van der Waals surface area contributed by atoms with Crippen LogP contribution in [0, 0.1) is 6.92 Å². The van der Waals surface area contributed by atoms with E-state index in [1.165, 1.54) is 0 Å². The Morgan fingerprint density at radius 2 is 1.82 bits per heavy atom. The van der Waals surface area contributed by atoms with Crippen LogP contribution in [0.25, 0.3) is 10.9 Å². The van der Waals surface area contributed by atoms with Crippen molar-refractivity contribution in [3.05, 3.63) is 11.6 Å². The summed E-state index contributed by atoms with van der Waals surface area (Å²) < 4.78 is 10.5. The number of nitrogens with zero attached hydrogens (tertiary/aromatic N) is 2. The number of methoxy groups -OCH3 is 2. The maximum atomic E-state index is 5.85. The molecule has 2 aromatic rings. The van der Waals surface area contributed by atoms with Gasteiger partial charge in [0.15, 0.2) is 11.5 Å². The van der Waals surface area contributed by atoms with Gasteiger partial charge in [-0.25, -0.2) is 4.98 Å². The van der Waals surface area contributed by atoms with Gasteiger partial charge in [0, 0.05) is 17.0 Å². The molecular weight excluding hydrogens is 220 g/mol. The Hall–Kier alpha value is -2.24. The first-order valence-corrected chi connectivity index (χ1v) is 5.02. The summed E-state index contributed by atoms with van der Waals surface area (Å²) in [5.74, 6) is 1.70. The summed E-state index contributed by atoms with van der Waals surface area (Å²) >= 11 is 0. The highest BCUT2D eigenvalue weighted by Crippen LogP contribution is 2.37. The molecule has 0 unspecified atom stereocenters. The van der Waals surface area contributed by atoms with Gasteiger partial charge < -0.3 is 20.9 Å². The third-order valence-electron chi connectivity index (χ3n) is 2.61. The second-order valence-electron chi connectivity index (χ2n) is 3.60. The maximum Gasteiger partial charge on any atom is 0.222 e. The van der Waals surface area contributed by atoms with E-state index in [2.05, 4.69) is 9.97 Å². The summed E-state index contributed by atoms with van der Waals surface area (Å²) in [5.41, 5.74) is 12.9. The highest BCUT2D eigenvalue weighted by atomic mass is 16.5. The highest BCUT2D eigenvalue weighted by molar-refractivity contribution is 5.95. The van der Waals surface area contributed by atoms with Crippen LogP contribution in [0.3, 0.4) is 0 Å². The van der Waals surface area contributed by atoms with Gasteiger partial charge >= 0.3 is 0 Å². The number of ether oxygens (including phenoxy) is 2. The molecule has 0 aliphatic rings. The van der Waals surface area contributed by atoms with Crippen LogP contribution >= 0.6 is 0 Å². The van der Waals surface area contributed by atoms with E-state index in [0.29, 0.717) is 22.8 Å². The van der Waals surface area contributed by atoms with Crippen LogP contribution in [0.15, 0.2) is 6.07 Å². The third kappa shape index (κ3) is 1.67. The van der Waals surface area contributed by atoms with Crippen LogP contribution < -0.4 is 20.9 Å². The lowest BCUT2D eigenvalue weighted by Gasteiger charge is -2.13. The van der Waals surface area contributed by atoms with Crippen molar-refractivity contribution < 1.29 is 9.47 Å². The fourth-order valence-electron chi connectivity index (χ4n) is 1.90. The first-order valence-electron chi connectivity index (χ1n) is 5.02. The summed E-state index contributed by atoms with van der Waals surface area (Å²) in [6.45, 7) is 1.87. The molecule has 0 spiro atoms. The van der Waals surface area contributed by atoms with Gasteiger partial charge in [-0.1, -0.05) is 0 Å². The number of aromatic nitrogens is 2. The summed E-state index contributed by atoms with van der Waals surface area (Å²) in [7, 11) is 3.14. The molecule has 0 aliphatic carbocycles. The predicted molar refractivity (Wildman–Crippen MR) is 66.2 cm³/mol. The van der Waals surface area contributed by atoms with Crippen molar-refractivity contribution in [1.29, 1.82) is 0 Å². The number of nitrogen functional groups attached to an aromatic ring is 2. The van der Waals surface area contributed by atoms with Crippen molar-refractivity contribution in [2.24, 2.45) is 0 Å². The lowest BCUT2D eigenvalue weighted by atomic mass is 10.1. The molecular formula is C11H14N4O2. The van der Waals surface area contributed by atoms with Crippen molar-refractivity contribution in [2.75, 3.05) is 25.7 Å². The fraction of sp³-hybridized carbons (Fsp3) is 0.273. The van der Waals surface area contributed by atoms with E-state index in [0.717, 1.165) is 10.9 Å². The molecule has 90 valence electrons. The highest BCUT2D eigenvalue weighted by Gasteiger charge is 2.15. The summed E-state index contributed by atoms with van der Waals surface area (Å²) in [5, 5.41) is 0.733. The van der Waals surface area contributed by atoms with E-state index in [1.807, 2.05) is 6.92 Å². The van der Waals surface area contributed by atoms with Gasteiger partial charge in [0.05, 0.1) is 19.7 Å². The van der Waals surface area contributed by atoms with E-state index in [1.54, 1.807) is 20.3 Å². The van der Waals surface area contributed by atoms with Crippen LogP contribution in [0.4, 0.5) is 11.8 Å². The number of nitrogens with two attached hydrogens (primary N) is 2. The van der Waals surface area contributed by atoms with Crippen LogP contribution in [0.5, 0.6) is 11.5 Å². The minimum Gasteiger partial charge on any atom is -0.493 e. The van der Waals surface area contributed by atoms with E-state index in [4.69, 9.17) is 20.9 Å². The molecule has 0 saturated heterocycles. The molecule has 6 heteroatoms. The zero-order valence-electron chi connectivity index (χ0n) is 9.94. The first kappa shape index (κ1) is 11.3. The largest absolute Gasteiger partial charge is 0.493 e. The lowest BCUT2D eigenvalue weighted by Crippen LogP contribution is -2.03. The molecule has 1 heterocycles. The predicted octanol–water partition coefficient (Wildman–Crippen LogP) is 1.12. The number of rotatable bonds is 2. The van der Waals surface area contributed by atoms with Gasteiger partial charge in [-0.15, -0.1) is 0 Å². The molecule has 6 nitrogen and oxygen atoms in total. The molecule has 0 saturated carbocycles. The SMILES string of the molecule is COc1cc2nc(N)nc(N)c2c(C)c1OC. The number of anilines is 2. The molecule has 0 aliphatic heterocycles. The molecule has 4 N–H and O–H groups in total. The van der Waals surface area contributed by atoms with Crippen molar-refractivity contribution >= 4 is 22.7 Å². The lowest BCUT2D eigenvalue weighted by molar-refractivity contribution is 0.354. The monoisotopic (exact) mass is 234 g/mol. The molecule has 0 radical (unpaired) electrons. The normalized spacial score (nSPS) is 10.5. The molecule has 0 atom stereocenters. The molecule has 0 bridgehead atoms. The summed E-state index contributed by atoms with van der Waals surface area (Å²) in [4.78, 5) is 8.07. The Labute approximate surface area is 98.6 Å². The van der Waals surface area contributed by atoms with Crippen molar-refractivity contribution in [3.8, 4) is 11.5 Å². The molecule has 2 rings (SSSR count). The van der Waals surface area contributed by atoms with Gasteiger partial charge in [-0.3, -0.25) is 0 Å². The van der Waals surface area contributed by atoms with E-state index < -0.39 is 0 Å². The maximum absolute atomic E-state index is 5.85. The Bertz CT molecular complexity index is 583. The number of fused-ring (bicyclic) bond motifs is 1. The number of hydrogen-bond donors (Lipinski definition) is 2. The van der Waals surface area contributed by atoms with Crippen LogP contribution in [0.1, 0.15) is 5.56 Å². The van der Waals surface area contributed by atoms with Crippen molar-refractivity contribution in [1.82, 2.24) is 9.97 Å². The van der Waals surface area contributed by atoms with Gasteiger partial charge in [-0.05, 0) is 6.92 Å². The number of aryl methyl sites for hydroxylation is 1. The summed E-state index contributed by atoms with van der Waals surface area (Å²) in [6.07, 6.45) is 0. The Morgan fingerprint density at radius 3 is 2.41 bits per heavy atom. The van der Waals surface area contributed by atoms with Crippen LogP contribution in [-0.2, 0) is 0 Å². The first-order chi connectivity index (χ1) is 8.08. The average molecular weight is 234 g/mol. The van der Waals surface area contributed by atoms with E-state index in [9.17, 15) is 0 Å². The fourth-order valence-corrected chi connectivity index (χ4v) is 1.90. The summed E-state index contributed by atoms with van der Waals surface area (Å²) in [6, 6.07) is 1.73. The van der Waals surface area contributed by atoms with E-state index in [-0.39, 0.29) is 5.95 Å². The average Bonchev–Trinajstić information content (AvgIpc) is 2.27. The van der Waals surface area contributed by atoms with Crippen molar-refractivity contribution in [3.63, 3.8) is 0 Å². The van der Waals surface area contributed by atoms with Gasteiger partial charge in [0.2, 0.25) is 5.95 Å². The standard InChI is InChI=1S/C11H14N4O2/c1-5-8-6(14-11(13)15-10(8)12)4-7(16-2)9(5)17-3/h4H,1-3H3,(H4,12,13,14,15). The number of hydrogen-bond acceptors (Lipinski definition) is 6. The minimum atomic E-state index is 0.140. The number of benzene rings is 1. The topological polar surface area (TPSA) is 96.3 Å². The molecule has 17 heavy (non-hydrogen) atoms. The molecule has 0 amide bonds. The van der Waals surface area contributed by atoms with Crippen LogP contribution in [-0.4, -0.2) is 24.2 Å². The zero-order chi connectivity index (χ0) is 12.6. The van der Waals surface area contributed by atoms with Gasteiger partial charge in [-0.2, -0.15) is 4.98 Å². The van der Waals surface area contributed by atoms with Gasteiger partial charge in [0.1, 0.15) is 5.82 Å².